The van der Waals surface area contributed by atoms with E-state index < -0.39 is 21.5 Å². The molecule has 0 saturated carbocycles. The summed E-state index contributed by atoms with van der Waals surface area (Å²) < 4.78 is 33.0. The van der Waals surface area contributed by atoms with Gasteiger partial charge in [0.15, 0.2) is 21.3 Å². The van der Waals surface area contributed by atoms with E-state index in [9.17, 15) is 13.2 Å². The lowest BCUT2D eigenvalue weighted by Gasteiger charge is -2.21. The Hall–Kier alpha value is -1.76. The van der Waals surface area contributed by atoms with Crippen molar-refractivity contribution in [3.8, 4) is 11.5 Å². The first-order valence-electron chi connectivity index (χ1n) is 6.22. The zero-order valence-electron chi connectivity index (χ0n) is 11.4. The van der Waals surface area contributed by atoms with Gasteiger partial charge in [0, 0.05) is 6.26 Å². The number of hydrogen-bond acceptors (Lipinski definition) is 5. The van der Waals surface area contributed by atoms with Gasteiger partial charge in [-0.3, -0.25) is 4.79 Å². The molecule has 0 bridgehead atoms. The first kappa shape index (κ1) is 14.6. The largest absolute Gasteiger partial charge is 0.486 e. The standard InChI is InChI=1S/C13H17NO5S/c1-9(14-13(15)8-20(2,16)17)10-3-4-11-12(7-10)19-6-5-18-11/h3-4,7,9H,5-6,8H2,1-2H3,(H,14,15)/t9-/m1/s1. The Kier molecular flexibility index (Phi) is 4.17. The molecular formula is C13H17NO5S. The maximum absolute atomic E-state index is 11.6. The minimum absolute atomic E-state index is 0.305. The molecule has 1 aliphatic rings. The van der Waals surface area contributed by atoms with Gasteiger partial charge in [-0.25, -0.2) is 8.42 Å². The number of ether oxygens (including phenoxy) is 2. The predicted molar refractivity (Wildman–Crippen MR) is 73.7 cm³/mol. The van der Waals surface area contributed by atoms with Crippen molar-refractivity contribution in [2.24, 2.45) is 0 Å². The van der Waals surface area contributed by atoms with E-state index in [4.69, 9.17) is 9.47 Å². The highest BCUT2D eigenvalue weighted by atomic mass is 32.2. The van der Waals surface area contributed by atoms with Crippen LogP contribution in [0.2, 0.25) is 0 Å². The third-order valence-electron chi connectivity index (χ3n) is 2.84. The van der Waals surface area contributed by atoms with Crippen LogP contribution in [-0.2, 0) is 14.6 Å². The summed E-state index contributed by atoms with van der Waals surface area (Å²) in [5.74, 6) is 0.282. The van der Waals surface area contributed by atoms with Crippen LogP contribution in [-0.4, -0.2) is 39.5 Å². The number of benzene rings is 1. The summed E-state index contributed by atoms with van der Waals surface area (Å²) >= 11 is 0. The molecule has 0 spiro atoms. The molecule has 0 radical (unpaired) electrons. The number of hydrogen-bond donors (Lipinski definition) is 1. The summed E-state index contributed by atoms with van der Waals surface area (Å²) in [5.41, 5.74) is 0.830. The van der Waals surface area contributed by atoms with Crippen molar-refractivity contribution in [3.05, 3.63) is 23.8 Å². The van der Waals surface area contributed by atoms with Crippen molar-refractivity contribution in [1.29, 1.82) is 0 Å². The van der Waals surface area contributed by atoms with Crippen LogP contribution in [0.4, 0.5) is 0 Å². The number of nitrogens with one attached hydrogen (secondary N) is 1. The number of rotatable bonds is 4. The van der Waals surface area contributed by atoms with Crippen molar-refractivity contribution in [3.63, 3.8) is 0 Å². The number of carbonyl (C=O) groups is 1. The van der Waals surface area contributed by atoms with Gasteiger partial charge in [-0.05, 0) is 24.6 Å². The lowest BCUT2D eigenvalue weighted by atomic mass is 10.1. The van der Waals surface area contributed by atoms with Gasteiger partial charge in [0.05, 0.1) is 6.04 Å². The molecule has 0 saturated heterocycles. The summed E-state index contributed by atoms with van der Waals surface area (Å²) in [6, 6.07) is 5.09. The topological polar surface area (TPSA) is 81.7 Å². The van der Waals surface area contributed by atoms with Gasteiger partial charge in [-0.1, -0.05) is 6.07 Å². The van der Waals surface area contributed by atoms with Crippen molar-refractivity contribution in [2.45, 2.75) is 13.0 Å². The third-order valence-corrected chi connectivity index (χ3v) is 3.62. The SMILES string of the molecule is C[C@@H](NC(=O)CS(C)(=O)=O)c1ccc2c(c1)OCCO2. The Balaban J connectivity index is 2.06. The van der Waals surface area contributed by atoms with Gasteiger partial charge in [0.1, 0.15) is 19.0 Å². The fourth-order valence-electron chi connectivity index (χ4n) is 1.93. The number of carbonyl (C=O) groups excluding carboxylic acids is 1. The van der Waals surface area contributed by atoms with Gasteiger partial charge in [0.25, 0.3) is 0 Å². The highest BCUT2D eigenvalue weighted by Crippen LogP contribution is 2.32. The summed E-state index contributed by atoms with van der Waals surface area (Å²) in [7, 11) is -3.32. The number of fused-ring (bicyclic) bond motifs is 1. The zero-order chi connectivity index (χ0) is 14.8. The molecule has 1 aromatic rings. The Morgan fingerprint density at radius 1 is 1.30 bits per heavy atom. The first-order chi connectivity index (χ1) is 9.35. The van der Waals surface area contributed by atoms with E-state index in [2.05, 4.69) is 5.32 Å². The summed E-state index contributed by atoms with van der Waals surface area (Å²) in [6.45, 7) is 2.80. The summed E-state index contributed by atoms with van der Waals surface area (Å²) in [5, 5.41) is 2.65. The van der Waals surface area contributed by atoms with Gasteiger partial charge >= 0.3 is 0 Å². The van der Waals surface area contributed by atoms with Crippen molar-refractivity contribution in [1.82, 2.24) is 5.32 Å². The monoisotopic (exact) mass is 299 g/mol. The second-order valence-corrected chi connectivity index (χ2v) is 6.90. The summed E-state index contributed by atoms with van der Waals surface area (Å²) in [6.07, 6.45) is 1.03. The van der Waals surface area contributed by atoms with E-state index >= 15 is 0 Å². The minimum atomic E-state index is -3.32. The Labute approximate surface area is 118 Å². The van der Waals surface area contributed by atoms with Crippen LogP contribution in [0.25, 0.3) is 0 Å². The maximum Gasteiger partial charge on any atom is 0.235 e. The van der Waals surface area contributed by atoms with E-state index in [1.54, 1.807) is 19.1 Å². The second-order valence-electron chi connectivity index (χ2n) is 4.76. The molecule has 1 N–H and O–H groups in total. The van der Waals surface area contributed by atoms with E-state index in [1.807, 2.05) is 6.07 Å². The van der Waals surface area contributed by atoms with Crippen molar-refractivity contribution >= 4 is 15.7 Å². The van der Waals surface area contributed by atoms with E-state index in [0.29, 0.717) is 24.7 Å². The second kappa shape index (κ2) is 5.70. The lowest BCUT2D eigenvalue weighted by Crippen LogP contribution is -2.32. The minimum Gasteiger partial charge on any atom is -0.486 e. The first-order valence-corrected chi connectivity index (χ1v) is 8.28. The summed E-state index contributed by atoms with van der Waals surface area (Å²) in [4.78, 5) is 11.6. The third kappa shape index (κ3) is 3.86. The molecule has 1 heterocycles. The average molecular weight is 299 g/mol. The van der Waals surface area contributed by atoms with Gasteiger partial charge in [-0.2, -0.15) is 0 Å². The highest BCUT2D eigenvalue weighted by molar-refractivity contribution is 7.91. The molecular weight excluding hydrogens is 282 g/mol. The molecule has 6 nitrogen and oxygen atoms in total. The van der Waals surface area contributed by atoms with Crippen LogP contribution in [0.1, 0.15) is 18.5 Å². The van der Waals surface area contributed by atoms with E-state index in [-0.39, 0.29) is 6.04 Å². The van der Waals surface area contributed by atoms with Crippen LogP contribution >= 0.6 is 0 Å². The van der Waals surface area contributed by atoms with Gasteiger partial charge < -0.3 is 14.8 Å². The molecule has 1 amide bonds. The molecule has 1 aromatic carbocycles. The molecule has 1 aliphatic heterocycles. The molecule has 0 fully saturated rings. The molecule has 0 unspecified atom stereocenters. The van der Waals surface area contributed by atoms with Crippen LogP contribution in [0.15, 0.2) is 18.2 Å². The Morgan fingerprint density at radius 2 is 1.95 bits per heavy atom. The average Bonchev–Trinajstić information content (AvgIpc) is 2.35. The van der Waals surface area contributed by atoms with E-state index in [0.717, 1.165) is 11.8 Å². The molecule has 20 heavy (non-hydrogen) atoms. The molecule has 110 valence electrons. The van der Waals surface area contributed by atoms with Crippen molar-refractivity contribution in [2.75, 3.05) is 25.2 Å². The maximum atomic E-state index is 11.6. The van der Waals surface area contributed by atoms with Gasteiger partial charge in [-0.15, -0.1) is 0 Å². The smallest absolute Gasteiger partial charge is 0.235 e. The van der Waals surface area contributed by atoms with Crippen molar-refractivity contribution < 1.29 is 22.7 Å². The van der Waals surface area contributed by atoms with Crippen LogP contribution in [0, 0.1) is 0 Å². The highest BCUT2D eigenvalue weighted by Gasteiger charge is 2.17. The van der Waals surface area contributed by atoms with Crippen LogP contribution < -0.4 is 14.8 Å². The molecule has 0 aliphatic carbocycles. The molecule has 7 heteroatoms. The van der Waals surface area contributed by atoms with Crippen LogP contribution in [0.3, 0.4) is 0 Å². The van der Waals surface area contributed by atoms with Gasteiger partial charge in [0.2, 0.25) is 5.91 Å². The predicted octanol–water partition coefficient (Wildman–Crippen LogP) is 0.680. The normalized spacial score (nSPS) is 15.5. The molecule has 2 rings (SSSR count). The fourth-order valence-corrected chi connectivity index (χ4v) is 2.49. The number of amides is 1. The molecule has 1 atom stereocenters. The van der Waals surface area contributed by atoms with Crippen LogP contribution in [0.5, 0.6) is 11.5 Å². The quantitative estimate of drug-likeness (QED) is 0.884. The fraction of sp³-hybridized carbons (Fsp3) is 0.462. The Morgan fingerprint density at radius 3 is 2.60 bits per heavy atom. The number of sulfone groups is 1. The zero-order valence-corrected chi connectivity index (χ0v) is 12.2. The Bertz CT molecular complexity index is 611. The van der Waals surface area contributed by atoms with E-state index in [1.165, 1.54) is 0 Å². The molecule has 0 aromatic heterocycles. The lowest BCUT2D eigenvalue weighted by molar-refractivity contribution is -0.119.